The first-order valence-electron chi connectivity index (χ1n) is 11.3. The SMILES string of the molecule is CSc1ccc(CC(C)(C)NCC(O)COc2cc(-c3ccc(C(=O)O)cc3)ccc2C#N)cc1. The first-order valence-corrected chi connectivity index (χ1v) is 12.5. The van der Waals surface area contributed by atoms with E-state index in [0.29, 0.717) is 17.9 Å². The molecule has 0 aliphatic heterocycles. The minimum Gasteiger partial charge on any atom is -0.489 e. The van der Waals surface area contributed by atoms with Crippen LogP contribution in [0.15, 0.2) is 71.6 Å². The number of carboxylic acids is 1. The molecule has 0 fully saturated rings. The van der Waals surface area contributed by atoms with E-state index in [1.165, 1.54) is 22.6 Å². The molecule has 0 radical (unpaired) electrons. The van der Waals surface area contributed by atoms with Gasteiger partial charge in [-0.2, -0.15) is 5.26 Å². The van der Waals surface area contributed by atoms with Gasteiger partial charge in [-0.1, -0.05) is 30.3 Å². The number of aliphatic hydroxyl groups is 1. The highest BCUT2D eigenvalue weighted by Crippen LogP contribution is 2.28. The van der Waals surface area contributed by atoms with E-state index < -0.39 is 12.1 Å². The molecule has 0 amide bonds. The smallest absolute Gasteiger partial charge is 0.335 e. The summed E-state index contributed by atoms with van der Waals surface area (Å²) in [4.78, 5) is 12.3. The van der Waals surface area contributed by atoms with Gasteiger partial charge in [0.25, 0.3) is 0 Å². The number of nitrogens with zero attached hydrogens (tertiary/aromatic N) is 1. The third kappa shape index (κ3) is 7.59. The number of aliphatic hydroxyl groups excluding tert-OH is 1. The number of thioether (sulfide) groups is 1. The van der Waals surface area contributed by atoms with Crippen molar-refractivity contribution >= 4 is 17.7 Å². The van der Waals surface area contributed by atoms with Gasteiger partial charge in [-0.25, -0.2) is 4.79 Å². The van der Waals surface area contributed by atoms with Crippen LogP contribution in [0.25, 0.3) is 11.1 Å². The molecule has 6 nitrogen and oxygen atoms in total. The molecular formula is C28H30N2O4S. The van der Waals surface area contributed by atoms with E-state index in [9.17, 15) is 15.2 Å². The Balaban J connectivity index is 1.59. The zero-order valence-electron chi connectivity index (χ0n) is 20.1. The number of rotatable bonds is 11. The number of ether oxygens (including phenoxy) is 1. The maximum Gasteiger partial charge on any atom is 0.335 e. The molecule has 0 saturated heterocycles. The summed E-state index contributed by atoms with van der Waals surface area (Å²) < 4.78 is 5.81. The van der Waals surface area contributed by atoms with Crippen molar-refractivity contribution < 1.29 is 19.7 Å². The molecule has 3 aromatic carbocycles. The van der Waals surface area contributed by atoms with Gasteiger partial charge >= 0.3 is 5.97 Å². The summed E-state index contributed by atoms with van der Waals surface area (Å²) in [6.45, 7) is 4.56. The molecule has 3 aromatic rings. The molecule has 0 heterocycles. The van der Waals surface area contributed by atoms with Crippen LogP contribution in [-0.2, 0) is 6.42 Å². The summed E-state index contributed by atoms with van der Waals surface area (Å²) in [6, 6.07) is 22.3. The molecule has 1 atom stereocenters. The fourth-order valence-corrected chi connectivity index (χ4v) is 4.08. The number of hydrogen-bond donors (Lipinski definition) is 3. The first-order chi connectivity index (χ1) is 16.7. The second kappa shape index (κ2) is 11.9. The van der Waals surface area contributed by atoms with Crippen molar-refractivity contribution in [3.63, 3.8) is 0 Å². The summed E-state index contributed by atoms with van der Waals surface area (Å²) >= 11 is 1.71. The summed E-state index contributed by atoms with van der Waals surface area (Å²) in [6.07, 6.45) is 2.10. The monoisotopic (exact) mass is 490 g/mol. The minimum atomic E-state index is -0.986. The van der Waals surface area contributed by atoms with Crippen molar-refractivity contribution in [3.8, 4) is 22.9 Å². The molecule has 182 valence electrons. The molecule has 0 aromatic heterocycles. The lowest BCUT2D eigenvalue weighted by Crippen LogP contribution is -2.46. The number of hydrogen-bond acceptors (Lipinski definition) is 6. The number of carboxylic acid groups (broad SMARTS) is 1. The van der Waals surface area contributed by atoms with Gasteiger partial charge < -0.3 is 20.3 Å². The maximum atomic E-state index is 11.1. The Morgan fingerprint density at radius 3 is 2.34 bits per heavy atom. The van der Waals surface area contributed by atoms with Gasteiger partial charge in [-0.05, 0) is 79.6 Å². The van der Waals surface area contributed by atoms with Crippen LogP contribution in [-0.4, -0.2) is 47.2 Å². The molecule has 0 aliphatic carbocycles. The average Bonchev–Trinajstić information content (AvgIpc) is 2.86. The Bertz CT molecular complexity index is 1190. The Hall–Kier alpha value is -3.31. The predicted molar refractivity (Wildman–Crippen MR) is 139 cm³/mol. The van der Waals surface area contributed by atoms with Crippen LogP contribution >= 0.6 is 11.8 Å². The number of β-amino-alcohol motifs (C(OH)–C–C–N with tert-alkyl or cyclic N) is 1. The van der Waals surface area contributed by atoms with E-state index in [1.807, 2.05) is 0 Å². The fraction of sp³-hybridized carbons (Fsp3) is 0.286. The van der Waals surface area contributed by atoms with Crippen LogP contribution < -0.4 is 10.1 Å². The van der Waals surface area contributed by atoms with Crippen molar-refractivity contribution in [3.05, 3.63) is 83.4 Å². The number of benzene rings is 3. The molecule has 0 aliphatic rings. The lowest BCUT2D eigenvalue weighted by Gasteiger charge is -2.28. The van der Waals surface area contributed by atoms with Gasteiger partial charge in [0, 0.05) is 17.0 Å². The Labute approximate surface area is 210 Å². The topological polar surface area (TPSA) is 103 Å². The van der Waals surface area contributed by atoms with E-state index in [0.717, 1.165) is 17.5 Å². The van der Waals surface area contributed by atoms with Crippen molar-refractivity contribution in [2.24, 2.45) is 0 Å². The zero-order chi connectivity index (χ0) is 25.4. The van der Waals surface area contributed by atoms with Crippen LogP contribution in [0.1, 0.15) is 35.3 Å². The molecule has 3 N–H and O–H groups in total. The predicted octanol–water partition coefficient (Wildman–Crippen LogP) is 5.00. The van der Waals surface area contributed by atoms with Crippen molar-refractivity contribution in [1.29, 1.82) is 5.26 Å². The van der Waals surface area contributed by atoms with Crippen molar-refractivity contribution in [2.45, 2.75) is 36.8 Å². The lowest BCUT2D eigenvalue weighted by atomic mass is 9.95. The van der Waals surface area contributed by atoms with Crippen molar-refractivity contribution in [2.75, 3.05) is 19.4 Å². The number of nitriles is 1. The van der Waals surface area contributed by atoms with Gasteiger partial charge in [-0.3, -0.25) is 0 Å². The highest BCUT2D eigenvalue weighted by molar-refractivity contribution is 7.98. The zero-order valence-corrected chi connectivity index (χ0v) is 20.9. The summed E-state index contributed by atoms with van der Waals surface area (Å²) in [7, 11) is 0. The van der Waals surface area contributed by atoms with E-state index in [2.05, 4.69) is 55.8 Å². The average molecular weight is 491 g/mol. The van der Waals surface area contributed by atoms with Gasteiger partial charge in [0.2, 0.25) is 0 Å². The third-order valence-electron chi connectivity index (χ3n) is 5.62. The largest absolute Gasteiger partial charge is 0.489 e. The van der Waals surface area contributed by atoms with Crippen LogP contribution in [0.5, 0.6) is 5.75 Å². The lowest BCUT2D eigenvalue weighted by molar-refractivity contribution is 0.0697. The third-order valence-corrected chi connectivity index (χ3v) is 6.36. The van der Waals surface area contributed by atoms with Crippen LogP contribution in [0.4, 0.5) is 0 Å². The molecule has 0 saturated carbocycles. The minimum absolute atomic E-state index is 0.0294. The molecule has 1 unspecified atom stereocenters. The fourth-order valence-electron chi connectivity index (χ4n) is 3.67. The van der Waals surface area contributed by atoms with Crippen molar-refractivity contribution in [1.82, 2.24) is 5.32 Å². The van der Waals surface area contributed by atoms with Gasteiger partial charge in [0.05, 0.1) is 11.1 Å². The summed E-state index contributed by atoms with van der Waals surface area (Å²) in [5, 5.41) is 32.5. The number of nitrogens with one attached hydrogen (secondary N) is 1. The van der Waals surface area contributed by atoms with Crippen LogP contribution in [0.2, 0.25) is 0 Å². The van der Waals surface area contributed by atoms with Gasteiger partial charge in [0.1, 0.15) is 24.5 Å². The Morgan fingerprint density at radius 2 is 1.74 bits per heavy atom. The standard InChI is InChI=1S/C28H30N2O4S/c1-28(2,15-19-4-12-25(35-3)13-5-19)30-17-24(31)18-34-26-14-22(10-11-23(26)16-29)20-6-8-21(9-7-20)27(32)33/h4-14,24,30-31H,15,17-18H2,1-3H3,(H,32,33). The molecule has 0 spiro atoms. The Kier molecular flexibility index (Phi) is 8.94. The molecule has 0 bridgehead atoms. The highest BCUT2D eigenvalue weighted by Gasteiger charge is 2.20. The van der Waals surface area contributed by atoms with Gasteiger partial charge in [0.15, 0.2) is 0 Å². The molecule has 35 heavy (non-hydrogen) atoms. The van der Waals surface area contributed by atoms with E-state index in [-0.39, 0.29) is 17.7 Å². The summed E-state index contributed by atoms with van der Waals surface area (Å²) in [5.41, 5.74) is 3.16. The molecule has 7 heteroatoms. The van der Waals surface area contributed by atoms with Gasteiger partial charge in [-0.15, -0.1) is 11.8 Å². The number of aromatic carboxylic acids is 1. The quantitative estimate of drug-likeness (QED) is 0.325. The Morgan fingerprint density at radius 1 is 1.09 bits per heavy atom. The van der Waals surface area contributed by atoms with E-state index >= 15 is 0 Å². The maximum absolute atomic E-state index is 11.1. The number of carbonyl (C=O) groups is 1. The molecular weight excluding hydrogens is 460 g/mol. The first kappa shape index (κ1) is 26.3. The van der Waals surface area contributed by atoms with E-state index in [1.54, 1.807) is 42.1 Å². The molecule has 3 rings (SSSR count). The van der Waals surface area contributed by atoms with Crippen LogP contribution in [0.3, 0.4) is 0 Å². The normalized spacial score (nSPS) is 12.1. The van der Waals surface area contributed by atoms with E-state index in [4.69, 9.17) is 9.84 Å². The van der Waals surface area contributed by atoms with Crippen LogP contribution in [0, 0.1) is 11.3 Å². The second-order valence-electron chi connectivity index (χ2n) is 8.96. The summed E-state index contributed by atoms with van der Waals surface area (Å²) in [5.74, 6) is -0.612. The second-order valence-corrected chi connectivity index (χ2v) is 9.84. The highest BCUT2D eigenvalue weighted by atomic mass is 32.2.